The van der Waals surface area contributed by atoms with E-state index in [0.29, 0.717) is 5.56 Å². The number of hydrogen-bond acceptors (Lipinski definition) is 8. The predicted molar refractivity (Wildman–Crippen MR) is 131 cm³/mol. The fraction of sp³-hybridized carbons (Fsp3) is 0.273. The molecule has 2 aromatic rings. The Morgan fingerprint density at radius 1 is 0.838 bits per heavy atom. The van der Waals surface area contributed by atoms with E-state index in [4.69, 9.17) is 11.5 Å². The third-order valence-corrected chi connectivity index (χ3v) is 6.07. The molecule has 0 aliphatic rings. The average molecular weight is 536 g/mol. The minimum atomic E-state index is -5.30. The predicted octanol–water partition coefficient (Wildman–Crippen LogP) is -1.94. The molecule has 0 fully saturated rings. The lowest BCUT2D eigenvalue weighted by molar-refractivity contribution is -0.131. The Bertz CT molecular complexity index is 1140. The van der Waals surface area contributed by atoms with Crippen LogP contribution in [0, 0.1) is 0 Å². The molecule has 4 amide bonds. The zero-order chi connectivity index (χ0) is 27.6. The van der Waals surface area contributed by atoms with Gasteiger partial charge in [0.25, 0.3) is 5.91 Å². The first kappa shape index (κ1) is 29.4. The number of primary amides is 2. The smallest absolute Gasteiger partial charge is 0.357 e. The van der Waals surface area contributed by atoms with Crippen molar-refractivity contribution in [3.63, 3.8) is 0 Å². The van der Waals surface area contributed by atoms with Crippen LogP contribution in [0.4, 0.5) is 0 Å². The fourth-order valence-electron chi connectivity index (χ4n) is 3.16. The molecule has 0 radical (unpaired) electrons. The topological polar surface area (TPSA) is 246 Å². The number of hydrogen-bond donors (Lipinski definition) is 9. The molecule has 0 saturated heterocycles. The Labute approximate surface area is 211 Å². The molecule has 0 aliphatic carbocycles. The Balaban J connectivity index is 2.20. The molecule has 14 nitrogen and oxygen atoms in total. The number of rotatable bonds is 14. The first-order valence-electron chi connectivity index (χ1n) is 10.9. The summed E-state index contributed by atoms with van der Waals surface area (Å²) in [5.74, 6) is -6.97. The average Bonchev–Trinajstić information content (AvgIpc) is 2.82. The first-order chi connectivity index (χ1) is 17.4. The Morgan fingerprint density at radius 2 is 1.46 bits per heavy atom. The van der Waals surface area contributed by atoms with Crippen LogP contribution in [0.2, 0.25) is 0 Å². The number of hydrazine groups is 1. The summed E-state index contributed by atoms with van der Waals surface area (Å²) in [5, 5.41) is 13.4. The Hall–Kier alpha value is -3.81. The second-order valence-electron chi connectivity index (χ2n) is 8.04. The van der Waals surface area contributed by atoms with E-state index in [9.17, 15) is 38.6 Å². The molecule has 2 rings (SSSR count). The summed E-state index contributed by atoms with van der Waals surface area (Å²) in [6.07, 6.45) is -0.716. The molecule has 37 heavy (non-hydrogen) atoms. The van der Waals surface area contributed by atoms with E-state index in [1.807, 2.05) is 41.0 Å². The fourth-order valence-corrected chi connectivity index (χ4v) is 3.84. The van der Waals surface area contributed by atoms with Gasteiger partial charge in [0.05, 0.1) is 6.42 Å². The Morgan fingerprint density at radius 3 is 2.00 bits per heavy atom. The van der Waals surface area contributed by atoms with Crippen LogP contribution in [0.15, 0.2) is 54.6 Å². The molecule has 15 heteroatoms. The highest BCUT2D eigenvalue weighted by molar-refractivity contribution is 7.53. The molecule has 0 bridgehead atoms. The molecule has 0 unspecified atom stereocenters. The third-order valence-electron chi connectivity index (χ3n) is 5.03. The number of nitrogens with one attached hydrogen (secondary N) is 4. The van der Waals surface area contributed by atoms with Gasteiger partial charge >= 0.3 is 7.60 Å². The van der Waals surface area contributed by atoms with Crippen molar-refractivity contribution < 1.29 is 38.6 Å². The van der Waals surface area contributed by atoms with Crippen LogP contribution >= 0.6 is 7.60 Å². The van der Waals surface area contributed by atoms with E-state index < -0.39 is 55.5 Å². The lowest BCUT2D eigenvalue weighted by atomic mass is 10.1. The molecule has 11 N–H and O–H groups in total. The van der Waals surface area contributed by atoms with E-state index in [-0.39, 0.29) is 18.7 Å². The highest BCUT2D eigenvalue weighted by atomic mass is 31.2. The monoisotopic (exact) mass is 536 g/mol. The van der Waals surface area contributed by atoms with Crippen LogP contribution in [0.25, 0.3) is 0 Å². The molecule has 3 atom stereocenters. The number of benzene rings is 2. The van der Waals surface area contributed by atoms with Crippen LogP contribution in [0.3, 0.4) is 0 Å². The number of carbonyl (C=O) groups is 4. The van der Waals surface area contributed by atoms with Gasteiger partial charge in [0, 0.05) is 6.54 Å². The minimum Gasteiger partial charge on any atom is -0.508 e. The first-order valence-corrected chi connectivity index (χ1v) is 12.6. The van der Waals surface area contributed by atoms with Crippen LogP contribution in [-0.2, 0) is 36.7 Å². The maximum absolute atomic E-state index is 13.1. The van der Waals surface area contributed by atoms with Crippen molar-refractivity contribution in [2.45, 2.75) is 37.3 Å². The molecule has 2 aromatic carbocycles. The zero-order valence-electron chi connectivity index (χ0n) is 19.5. The molecular weight excluding hydrogens is 507 g/mol. The number of carbonyl (C=O) groups excluding carboxylic acids is 4. The van der Waals surface area contributed by atoms with E-state index in [2.05, 4.69) is 10.9 Å². The van der Waals surface area contributed by atoms with Gasteiger partial charge in [-0.25, -0.2) is 5.43 Å². The number of phenols is 1. The zero-order valence-corrected chi connectivity index (χ0v) is 20.4. The van der Waals surface area contributed by atoms with Gasteiger partial charge in [-0.2, -0.15) is 0 Å². The minimum absolute atomic E-state index is 0.00175. The highest BCUT2D eigenvalue weighted by Gasteiger charge is 2.40. The molecule has 0 aliphatic heterocycles. The summed E-state index contributed by atoms with van der Waals surface area (Å²) in [7, 11) is -5.30. The van der Waals surface area contributed by atoms with Gasteiger partial charge in [0.2, 0.25) is 23.5 Å². The van der Waals surface area contributed by atoms with Crippen LogP contribution in [0.5, 0.6) is 5.75 Å². The van der Waals surface area contributed by atoms with Crippen molar-refractivity contribution in [3.8, 4) is 5.75 Å². The second-order valence-corrected chi connectivity index (χ2v) is 9.74. The van der Waals surface area contributed by atoms with Crippen molar-refractivity contribution in [3.05, 3.63) is 65.7 Å². The van der Waals surface area contributed by atoms with Gasteiger partial charge in [-0.1, -0.05) is 42.5 Å². The van der Waals surface area contributed by atoms with E-state index >= 15 is 0 Å². The number of aromatic hydroxyl groups is 1. The third kappa shape index (κ3) is 9.99. The number of nitrogens with two attached hydrogens (primary N) is 2. The van der Waals surface area contributed by atoms with E-state index in [1.165, 1.54) is 12.1 Å². The summed E-state index contributed by atoms with van der Waals surface area (Å²) in [4.78, 5) is 67.8. The van der Waals surface area contributed by atoms with Crippen LogP contribution in [-0.4, -0.2) is 56.4 Å². The molecule has 0 heterocycles. The summed E-state index contributed by atoms with van der Waals surface area (Å²) in [5.41, 5.74) is 17.2. The highest BCUT2D eigenvalue weighted by Crippen LogP contribution is 2.39. The van der Waals surface area contributed by atoms with Gasteiger partial charge in [-0.15, -0.1) is 0 Å². The summed E-state index contributed by atoms with van der Waals surface area (Å²) in [6.45, 7) is 0.288. The van der Waals surface area contributed by atoms with Crippen LogP contribution < -0.4 is 33.0 Å². The van der Waals surface area contributed by atoms with Crippen molar-refractivity contribution in [1.29, 1.82) is 0 Å². The molecular formula is C22H29N6O8P. The molecule has 0 saturated carbocycles. The number of amides is 4. The SMILES string of the molecule is NC(=O)C[C@H](NC(=O)[C@H](NC(=O)[C@H](Cc1ccc(O)cc1)NNCc1ccccc1)P(=O)(O)O)C(N)=O. The molecule has 200 valence electrons. The van der Waals surface area contributed by atoms with Gasteiger partial charge < -0.3 is 37.0 Å². The molecule has 0 spiro atoms. The van der Waals surface area contributed by atoms with Crippen molar-refractivity contribution in [2.24, 2.45) is 11.5 Å². The van der Waals surface area contributed by atoms with Crippen molar-refractivity contribution in [1.82, 2.24) is 21.5 Å². The lowest BCUT2D eigenvalue weighted by Crippen LogP contribution is -2.57. The van der Waals surface area contributed by atoms with E-state index in [1.54, 1.807) is 12.1 Å². The Kier molecular flexibility index (Phi) is 10.7. The molecule has 0 aromatic heterocycles. The quantitative estimate of drug-likeness (QED) is 0.0955. The largest absolute Gasteiger partial charge is 0.508 e. The standard InChI is InChI=1S/C22H29N6O8P/c23-18(30)11-16(19(24)31)26-21(33)22(37(34,35)36)27-20(32)17(10-13-6-8-15(29)9-7-13)28-25-12-14-4-2-1-3-5-14/h1-9,16-17,22,25,28-29H,10-12H2,(H2,23,30)(H2,24,31)(H,26,33)(H,27,32)(H2,34,35,36)/t16-,17-,22+/m0/s1. The maximum Gasteiger partial charge on any atom is 0.357 e. The van der Waals surface area contributed by atoms with Crippen molar-refractivity contribution >= 4 is 31.2 Å². The van der Waals surface area contributed by atoms with Crippen LogP contribution in [0.1, 0.15) is 17.5 Å². The maximum atomic E-state index is 13.1. The summed E-state index contributed by atoms with van der Waals surface area (Å²) < 4.78 is 12.0. The number of phenolic OH excluding ortho intramolecular Hbond substituents is 1. The second kappa shape index (κ2) is 13.5. The van der Waals surface area contributed by atoms with Crippen molar-refractivity contribution in [2.75, 3.05) is 0 Å². The van der Waals surface area contributed by atoms with Gasteiger partial charge in [0.1, 0.15) is 17.8 Å². The lowest BCUT2D eigenvalue weighted by Gasteiger charge is -2.25. The summed E-state index contributed by atoms with van der Waals surface area (Å²) >= 11 is 0. The van der Waals surface area contributed by atoms with E-state index in [0.717, 1.165) is 5.56 Å². The normalized spacial score (nSPS) is 13.7. The van der Waals surface area contributed by atoms with Gasteiger partial charge in [0.15, 0.2) is 0 Å². The van der Waals surface area contributed by atoms with Gasteiger partial charge in [-0.3, -0.25) is 29.2 Å². The summed E-state index contributed by atoms with van der Waals surface area (Å²) in [6, 6.07) is 12.2. The van der Waals surface area contributed by atoms with Gasteiger partial charge in [-0.05, 0) is 29.7 Å².